The van der Waals surface area contributed by atoms with Crippen LogP contribution in [0.25, 0.3) is 0 Å². The molecule has 1 amide bonds. The minimum absolute atomic E-state index is 0.122. The Bertz CT molecular complexity index is 749. The molecule has 0 radical (unpaired) electrons. The van der Waals surface area contributed by atoms with E-state index in [1.165, 1.54) is 17.8 Å². The summed E-state index contributed by atoms with van der Waals surface area (Å²) < 4.78 is 0. The molecule has 21 heavy (non-hydrogen) atoms. The molecule has 5 nitrogen and oxygen atoms in total. The third-order valence-corrected chi connectivity index (χ3v) is 3.60. The average Bonchev–Trinajstić information content (AvgIpc) is 2.47. The number of nitrogens with one attached hydrogen (secondary N) is 3. The van der Waals surface area contributed by atoms with E-state index < -0.39 is 0 Å². The maximum atomic E-state index is 12.2. The molecule has 3 rings (SSSR count). The molecule has 0 aliphatic carbocycles. The number of rotatable bonds is 2. The molecule has 108 valence electrons. The van der Waals surface area contributed by atoms with Crippen LogP contribution in [0, 0.1) is 6.92 Å². The van der Waals surface area contributed by atoms with Gasteiger partial charge in [-0.3, -0.25) is 9.59 Å². The largest absolute Gasteiger partial charge is 0.385 e. The van der Waals surface area contributed by atoms with E-state index in [0.717, 1.165) is 30.8 Å². The molecule has 5 heteroatoms. The zero-order valence-electron chi connectivity index (χ0n) is 11.8. The van der Waals surface area contributed by atoms with E-state index in [-0.39, 0.29) is 16.9 Å². The van der Waals surface area contributed by atoms with E-state index in [1.54, 1.807) is 6.92 Å². The number of aromatic nitrogens is 1. The Labute approximate surface area is 122 Å². The van der Waals surface area contributed by atoms with E-state index in [4.69, 9.17) is 0 Å². The maximum Gasteiger partial charge on any atom is 0.261 e. The Morgan fingerprint density at radius 3 is 2.95 bits per heavy atom. The third-order valence-electron chi connectivity index (χ3n) is 3.60. The van der Waals surface area contributed by atoms with E-state index in [0.29, 0.717) is 5.69 Å². The molecule has 0 unspecified atom stereocenters. The molecule has 1 aromatic heterocycles. The summed E-state index contributed by atoms with van der Waals surface area (Å²) in [5.74, 6) is -0.389. The molecule has 0 fully saturated rings. The van der Waals surface area contributed by atoms with Crippen molar-refractivity contribution < 1.29 is 4.79 Å². The molecule has 1 aliphatic heterocycles. The highest BCUT2D eigenvalue weighted by Gasteiger charge is 2.13. The number of pyridine rings is 1. The van der Waals surface area contributed by atoms with Crippen LogP contribution in [-0.2, 0) is 6.42 Å². The summed E-state index contributed by atoms with van der Waals surface area (Å²) in [5, 5.41) is 6.10. The van der Waals surface area contributed by atoms with Gasteiger partial charge in [-0.15, -0.1) is 0 Å². The van der Waals surface area contributed by atoms with Gasteiger partial charge in [-0.1, -0.05) is 0 Å². The van der Waals surface area contributed by atoms with E-state index >= 15 is 0 Å². The Morgan fingerprint density at radius 2 is 2.14 bits per heavy atom. The summed E-state index contributed by atoms with van der Waals surface area (Å²) in [4.78, 5) is 26.9. The number of hydrogen-bond donors (Lipinski definition) is 3. The molecule has 0 saturated carbocycles. The highest BCUT2D eigenvalue weighted by atomic mass is 16.2. The van der Waals surface area contributed by atoms with Crippen molar-refractivity contribution in [1.82, 2.24) is 4.98 Å². The molecule has 1 aromatic carbocycles. The third kappa shape index (κ3) is 2.81. The molecule has 0 bridgehead atoms. The minimum Gasteiger partial charge on any atom is -0.385 e. The number of fused-ring (bicyclic) bond motifs is 1. The normalized spacial score (nSPS) is 13.2. The summed E-state index contributed by atoms with van der Waals surface area (Å²) in [6.07, 6.45) is 3.53. The van der Waals surface area contributed by atoms with Gasteiger partial charge < -0.3 is 15.6 Å². The van der Waals surface area contributed by atoms with Gasteiger partial charge in [-0.05, 0) is 43.5 Å². The van der Waals surface area contributed by atoms with Crippen molar-refractivity contribution in [3.63, 3.8) is 0 Å². The summed E-state index contributed by atoms with van der Waals surface area (Å²) in [6.45, 7) is 2.76. The Hall–Kier alpha value is -2.56. The standard InChI is InChI=1S/C16H17N3O2/c1-10-7-15(20)13(9-18-10)16(21)19-12-4-5-14-11(8-12)3-2-6-17-14/h4-5,7-9,17H,2-3,6H2,1H3,(H,18,20)(H,19,21). The van der Waals surface area contributed by atoms with Crippen molar-refractivity contribution in [3.8, 4) is 0 Å². The van der Waals surface area contributed by atoms with Crippen molar-refractivity contribution in [2.24, 2.45) is 0 Å². The van der Waals surface area contributed by atoms with Crippen LogP contribution >= 0.6 is 0 Å². The smallest absolute Gasteiger partial charge is 0.261 e. The molecule has 2 heterocycles. The van der Waals surface area contributed by atoms with Crippen LogP contribution in [0.2, 0.25) is 0 Å². The average molecular weight is 283 g/mol. The van der Waals surface area contributed by atoms with E-state index in [9.17, 15) is 9.59 Å². The second kappa shape index (κ2) is 5.44. The van der Waals surface area contributed by atoms with Gasteiger partial charge >= 0.3 is 0 Å². The number of anilines is 2. The summed E-state index contributed by atoms with van der Waals surface area (Å²) in [7, 11) is 0. The molecule has 3 N–H and O–H groups in total. The van der Waals surface area contributed by atoms with E-state index in [2.05, 4.69) is 15.6 Å². The number of amides is 1. The highest BCUT2D eigenvalue weighted by molar-refractivity contribution is 6.04. The zero-order valence-corrected chi connectivity index (χ0v) is 11.8. The van der Waals surface area contributed by atoms with Gasteiger partial charge in [0.1, 0.15) is 5.56 Å². The second-order valence-corrected chi connectivity index (χ2v) is 5.25. The fourth-order valence-corrected chi connectivity index (χ4v) is 2.50. The molecule has 0 atom stereocenters. The summed E-state index contributed by atoms with van der Waals surface area (Å²) in [5.41, 5.74) is 3.60. The predicted molar refractivity (Wildman–Crippen MR) is 83.0 cm³/mol. The van der Waals surface area contributed by atoms with Gasteiger partial charge in [0.15, 0.2) is 5.43 Å². The van der Waals surface area contributed by atoms with Crippen molar-refractivity contribution >= 4 is 17.3 Å². The molecule has 0 spiro atoms. The number of hydrogen-bond acceptors (Lipinski definition) is 3. The van der Waals surface area contributed by atoms with Gasteiger partial charge in [0, 0.05) is 35.9 Å². The number of benzene rings is 1. The van der Waals surface area contributed by atoms with Crippen molar-refractivity contribution in [1.29, 1.82) is 0 Å². The van der Waals surface area contributed by atoms with Crippen LogP contribution in [0.5, 0.6) is 0 Å². The Balaban J connectivity index is 1.83. The number of carbonyl (C=O) groups is 1. The second-order valence-electron chi connectivity index (χ2n) is 5.25. The lowest BCUT2D eigenvalue weighted by atomic mass is 10.0. The lowest BCUT2D eigenvalue weighted by molar-refractivity contribution is 0.102. The summed E-state index contributed by atoms with van der Waals surface area (Å²) >= 11 is 0. The predicted octanol–water partition coefficient (Wildman–Crippen LogP) is 2.29. The van der Waals surface area contributed by atoms with Crippen molar-refractivity contribution in [2.45, 2.75) is 19.8 Å². The number of aromatic amines is 1. The molecular weight excluding hydrogens is 266 g/mol. The quantitative estimate of drug-likeness (QED) is 0.791. The molecule has 2 aromatic rings. The number of H-pyrrole nitrogens is 1. The lowest BCUT2D eigenvalue weighted by Crippen LogP contribution is -2.21. The van der Waals surface area contributed by atoms with Gasteiger partial charge in [-0.25, -0.2) is 0 Å². The van der Waals surface area contributed by atoms with Crippen LogP contribution in [0.4, 0.5) is 11.4 Å². The van der Waals surface area contributed by atoms with Crippen LogP contribution in [0.15, 0.2) is 35.3 Å². The topological polar surface area (TPSA) is 74.0 Å². The van der Waals surface area contributed by atoms with Gasteiger partial charge in [0.25, 0.3) is 5.91 Å². The first kappa shape index (κ1) is 13.4. The lowest BCUT2D eigenvalue weighted by Gasteiger charge is -2.18. The Kier molecular flexibility index (Phi) is 3.48. The molecule has 0 saturated heterocycles. The van der Waals surface area contributed by atoms with Crippen LogP contribution in [-0.4, -0.2) is 17.4 Å². The summed E-state index contributed by atoms with van der Waals surface area (Å²) in [6, 6.07) is 7.19. The van der Waals surface area contributed by atoms with Crippen LogP contribution < -0.4 is 16.1 Å². The maximum absolute atomic E-state index is 12.2. The van der Waals surface area contributed by atoms with Crippen LogP contribution in [0.3, 0.4) is 0 Å². The first-order valence-electron chi connectivity index (χ1n) is 7.01. The van der Waals surface area contributed by atoms with Gasteiger partial charge in [0.2, 0.25) is 0 Å². The monoisotopic (exact) mass is 283 g/mol. The SMILES string of the molecule is Cc1cc(=O)c(C(=O)Nc2ccc3c(c2)CCCN3)c[nH]1. The van der Waals surface area contributed by atoms with Crippen molar-refractivity contribution in [3.05, 3.63) is 57.5 Å². The number of aryl methyl sites for hydroxylation is 2. The molecular formula is C16H17N3O2. The van der Waals surface area contributed by atoms with Crippen LogP contribution in [0.1, 0.15) is 28.0 Å². The number of carbonyl (C=O) groups excluding carboxylic acids is 1. The van der Waals surface area contributed by atoms with E-state index in [1.807, 2.05) is 18.2 Å². The molecule has 1 aliphatic rings. The van der Waals surface area contributed by atoms with Gasteiger partial charge in [0.05, 0.1) is 0 Å². The fraction of sp³-hybridized carbons (Fsp3) is 0.250. The van der Waals surface area contributed by atoms with Crippen molar-refractivity contribution in [2.75, 3.05) is 17.2 Å². The van der Waals surface area contributed by atoms with Gasteiger partial charge in [-0.2, -0.15) is 0 Å². The first-order chi connectivity index (χ1) is 10.1. The highest BCUT2D eigenvalue weighted by Crippen LogP contribution is 2.25. The fourth-order valence-electron chi connectivity index (χ4n) is 2.50. The zero-order chi connectivity index (χ0) is 14.8. The first-order valence-corrected chi connectivity index (χ1v) is 7.01. The minimum atomic E-state index is -0.389. The Morgan fingerprint density at radius 1 is 1.29 bits per heavy atom.